The van der Waals surface area contributed by atoms with E-state index >= 15 is 0 Å². The van der Waals surface area contributed by atoms with Gasteiger partial charge in [-0.25, -0.2) is 12.7 Å². The largest absolute Gasteiger partial charge is 0.381 e. The molecule has 118 valence electrons. The summed E-state index contributed by atoms with van der Waals surface area (Å²) in [4.78, 5) is 11.5. The van der Waals surface area contributed by atoms with Gasteiger partial charge in [0.25, 0.3) is 0 Å². The molecule has 1 aromatic rings. The molecule has 6 nitrogen and oxygen atoms in total. The summed E-state index contributed by atoms with van der Waals surface area (Å²) in [5, 5.41) is 12.4. The Balaban J connectivity index is 2.10. The van der Waals surface area contributed by atoms with Gasteiger partial charge >= 0.3 is 0 Å². The number of ketones is 1. The summed E-state index contributed by atoms with van der Waals surface area (Å²) >= 11 is 0. The van der Waals surface area contributed by atoms with E-state index in [2.05, 4.69) is 11.4 Å². The van der Waals surface area contributed by atoms with Crippen LogP contribution >= 0.6 is 0 Å². The van der Waals surface area contributed by atoms with E-state index in [0.717, 1.165) is 0 Å². The van der Waals surface area contributed by atoms with Crippen molar-refractivity contribution >= 4 is 21.5 Å². The van der Waals surface area contributed by atoms with Crippen molar-refractivity contribution in [3.05, 3.63) is 29.3 Å². The number of carbonyl (C=O) groups is 1. The summed E-state index contributed by atoms with van der Waals surface area (Å²) < 4.78 is 24.5. The van der Waals surface area contributed by atoms with Crippen LogP contribution in [0.2, 0.25) is 0 Å². The van der Waals surface area contributed by atoms with Crippen LogP contribution in [0.5, 0.6) is 0 Å². The Morgan fingerprint density at radius 2 is 2.00 bits per heavy atom. The number of Topliss-reactive ketones (excluding diaryl/α,β-unsaturated/α-hetero) is 1. The van der Waals surface area contributed by atoms with E-state index in [4.69, 9.17) is 5.26 Å². The minimum atomic E-state index is -3.14. The maximum atomic E-state index is 11.5. The third kappa shape index (κ3) is 3.84. The number of nitrogens with zero attached hydrogens (tertiary/aromatic N) is 2. The minimum absolute atomic E-state index is 0.0561. The normalized spacial score (nSPS) is 17.0. The van der Waals surface area contributed by atoms with Gasteiger partial charge in [0.2, 0.25) is 10.0 Å². The number of piperidine rings is 1. The highest BCUT2D eigenvalue weighted by Crippen LogP contribution is 2.22. The Kier molecular flexibility index (Phi) is 4.84. The van der Waals surface area contributed by atoms with E-state index < -0.39 is 10.0 Å². The average molecular weight is 321 g/mol. The van der Waals surface area contributed by atoms with Crippen molar-refractivity contribution in [2.24, 2.45) is 0 Å². The fourth-order valence-corrected chi connectivity index (χ4v) is 3.41. The molecule has 1 N–H and O–H groups in total. The number of anilines is 1. The van der Waals surface area contributed by atoms with Crippen molar-refractivity contribution in [1.82, 2.24) is 4.31 Å². The number of nitriles is 1. The van der Waals surface area contributed by atoms with Gasteiger partial charge in [-0.2, -0.15) is 5.26 Å². The first-order valence-corrected chi connectivity index (χ1v) is 8.93. The van der Waals surface area contributed by atoms with E-state index in [-0.39, 0.29) is 11.8 Å². The van der Waals surface area contributed by atoms with Crippen LogP contribution in [0.15, 0.2) is 18.2 Å². The molecule has 22 heavy (non-hydrogen) atoms. The predicted octanol–water partition coefficient (Wildman–Crippen LogP) is 1.60. The molecule has 1 aromatic carbocycles. The van der Waals surface area contributed by atoms with E-state index in [1.165, 1.54) is 17.5 Å². The quantitative estimate of drug-likeness (QED) is 0.851. The zero-order valence-corrected chi connectivity index (χ0v) is 13.5. The SMILES string of the molecule is CC(=O)c1ccc(C#N)c(NC2CCN(S(C)(=O)=O)CC2)c1. The molecule has 0 bridgehead atoms. The number of hydrogen-bond acceptors (Lipinski definition) is 5. The van der Waals surface area contributed by atoms with E-state index in [1.807, 2.05) is 0 Å². The Morgan fingerprint density at radius 3 is 2.50 bits per heavy atom. The molecular formula is C15H19N3O3S. The van der Waals surface area contributed by atoms with Crippen LogP contribution in [-0.4, -0.2) is 43.9 Å². The first-order chi connectivity index (χ1) is 10.3. The molecule has 1 heterocycles. The highest BCUT2D eigenvalue weighted by molar-refractivity contribution is 7.88. The molecule has 0 aliphatic carbocycles. The van der Waals surface area contributed by atoms with Gasteiger partial charge in [0, 0.05) is 24.7 Å². The number of hydrogen-bond donors (Lipinski definition) is 1. The number of carbonyl (C=O) groups excluding carboxylic acids is 1. The highest BCUT2D eigenvalue weighted by atomic mass is 32.2. The van der Waals surface area contributed by atoms with Crippen LogP contribution in [0, 0.1) is 11.3 Å². The second-order valence-electron chi connectivity index (χ2n) is 5.51. The highest BCUT2D eigenvalue weighted by Gasteiger charge is 2.25. The molecule has 1 aliphatic rings. The molecule has 1 saturated heterocycles. The van der Waals surface area contributed by atoms with Crippen molar-refractivity contribution in [3.63, 3.8) is 0 Å². The van der Waals surface area contributed by atoms with Gasteiger partial charge in [0.1, 0.15) is 6.07 Å². The maximum Gasteiger partial charge on any atom is 0.211 e. The Morgan fingerprint density at radius 1 is 1.36 bits per heavy atom. The second kappa shape index (κ2) is 6.46. The second-order valence-corrected chi connectivity index (χ2v) is 7.49. The van der Waals surface area contributed by atoms with Crippen LogP contribution in [0.25, 0.3) is 0 Å². The van der Waals surface area contributed by atoms with Gasteiger partial charge in [-0.3, -0.25) is 4.79 Å². The Bertz CT molecular complexity index is 714. The Labute approximate surface area is 130 Å². The number of sulfonamides is 1. The van der Waals surface area contributed by atoms with Crippen molar-refractivity contribution < 1.29 is 13.2 Å². The van der Waals surface area contributed by atoms with E-state index in [1.54, 1.807) is 18.2 Å². The lowest BCUT2D eigenvalue weighted by Crippen LogP contribution is -2.41. The lowest BCUT2D eigenvalue weighted by Gasteiger charge is -2.31. The van der Waals surface area contributed by atoms with Crippen LogP contribution < -0.4 is 5.32 Å². The van der Waals surface area contributed by atoms with Crippen LogP contribution in [0.3, 0.4) is 0 Å². The monoisotopic (exact) mass is 321 g/mol. The fraction of sp³-hybridized carbons (Fsp3) is 0.467. The van der Waals surface area contributed by atoms with Gasteiger partial charge in [-0.05, 0) is 38.0 Å². The van der Waals surface area contributed by atoms with Gasteiger partial charge in [0.15, 0.2) is 5.78 Å². The molecule has 7 heteroatoms. The molecule has 0 spiro atoms. The summed E-state index contributed by atoms with van der Waals surface area (Å²) in [5.74, 6) is -0.0561. The standard InChI is InChI=1S/C15H19N3O3S/c1-11(19)12-3-4-13(10-16)15(9-12)17-14-5-7-18(8-6-14)22(2,20)21/h3-4,9,14,17H,5-8H2,1-2H3. The minimum Gasteiger partial charge on any atom is -0.381 e. The molecule has 0 amide bonds. The lowest BCUT2D eigenvalue weighted by molar-refractivity contribution is 0.101. The maximum absolute atomic E-state index is 11.5. The Hall–Kier alpha value is -1.91. The molecule has 1 fully saturated rings. The molecule has 0 aromatic heterocycles. The van der Waals surface area contributed by atoms with Gasteiger partial charge in [-0.1, -0.05) is 0 Å². The number of rotatable bonds is 4. The topological polar surface area (TPSA) is 90.3 Å². The van der Waals surface area contributed by atoms with E-state index in [9.17, 15) is 13.2 Å². The molecule has 0 atom stereocenters. The van der Waals surface area contributed by atoms with Gasteiger partial charge < -0.3 is 5.32 Å². The third-order valence-electron chi connectivity index (χ3n) is 3.83. The van der Waals surface area contributed by atoms with Crippen LogP contribution in [-0.2, 0) is 10.0 Å². The van der Waals surface area contributed by atoms with Crippen molar-refractivity contribution in [1.29, 1.82) is 5.26 Å². The number of nitrogens with one attached hydrogen (secondary N) is 1. The summed E-state index contributed by atoms with van der Waals surface area (Å²) in [5.41, 5.74) is 1.67. The predicted molar refractivity (Wildman–Crippen MR) is 84.2 cm³/mol. The zero-order valence-electron chi connectivity index (χ0n) is 12.7. The summed E-state index contributed by atoms with van der Waals surface area (Å²) in [7, 11) is -3.14. The van der Waals surface area contributed by atoms with Gasteiger partial charge in [0.05, 0.1) is 17.5 Å². The van der Waals surface area contributed by atoms with Crippen LogP contribution in [0.1, 0.15) is 35.7 Å². The van der Waals surface area contributed by atoms with Crippen molar-refractivity contribution in [2.75, 3.05) is 24.7 Å². The number of benzene rings is 1. The lowest BCUT2D eigenvalue weighted by atomic mass is 10.0. The molecule has 2 rings (SSSR count). The molecular weight excluding hydrogens is 302 g/mol. The summed E-state index contributed by atoms with van der Waals surface area (Å²) in [6.45, 7) is 2.41. The zero-order chi connectivity index (χ0) is 16.3. The van der Waals surface area contributed by atoms with Crippen molar-refractivity contribution in [2.45, 2.75) is 25.8 Å². The smallest absolute Gasteiger partial charge is 0.211 e. The first-order valence-electron chi connectivity index (χ1n) is 7.08. The molecule has 0 radical (unpaired) electrons. The molecule has 1 aliphatic heterocycles. The summed E-state index contributed by atoms with van der Waals surface area (Å²) in [6.07, 6.45) is 2.55. The molecule has 0 saturated carbocycles. The van der Waals surface area contributed by atoms with E-state index in [0.29, 0.717) is 42.7 Å². The van der Waals surface area contributed by atoms with Crippen molar-refractivity contribution in [3.8, 4) is 6.07 Å². The fourth-order valence-electron chi connectivity index (χ4n) is 2.53. The first kappa shape index (κ1) is 16.5. The molecule has 0 unspecified atom stereocenters. The third-order valence-corrected chi connectivity index (χ3v) is 5.13. The van der Waals surface area contributed by atoms with Gasteiger partial charge in [-0.15, -0.1) is 0 Å². The van der Waals surface area contributed by atoms with Crippen LogP contribution in [0.4, 0.5) is 5.69 Å². The summed E-state index contributed by atoms with van der Waals surface area (Å²) in [6, 6.07) is 7.15. The average Bonchev–Trinajstić information content (AvgIpc) is 2.46.